The fraction of sp³-hybridized carbons (Fsp3) is 0.583. The molecule has 0 saturated carbocycles. The Labute approximate surface area is 96.0 Å². The Morgan fingerprint density at radius 1 is 1.62 bits per heavy atom. The van der Waals surface area contributed by atoms with Gasteiger partial charge in [-0.25, -0.2) is 4.98 Å². The van der Waals surface area contributed by atoms with Crippen molar-refractivity contribution >= 4 is 5.69 Å². The van der Waals surface area contributed by atoms with Crippen molar-refractivity contribution in [3.63, 3.8) is 0 Å². The molecule has 2 atom stereocenters. The summed E-state index contributed by atoms with van der Waals surface area (Å²) in [5.74, 6) is 0.625. The molecule has 4 nitrogen and oxygen atoms in total. The average Bonchev–Trinajstić information content (AvgIpc) is 2.59. The van der Waals surface area contributed by atoms with E-state index in [1.54, 1.807) is 13.3 Å². The van der Waals surface area contributed by atoms with E-state index in [2.05, 4.69) is 24.1 Å². The molecular weight excluding hydrogens is 204 g/mol. The van der Waals surface area contributed by atoms with Gasteiger partial charge in [0.25, 0.3) is 0 Å². The van der Waals surface area contributed by atoms with Crippen molar-refractivity contribution in [3.8, 4) is 5.88 Å². The lowest BCUT2D eigenvalue weighted by Gasteiger charge is -2.30. The molecule has 0 radical (unpaired) electrons. The summed E-state index contributed by atoms with van der Waals surface area (Å²) in [4.78, 5) is 4.08. The normalized spacial score (nSPS) is 29.1. The first-order chi connectivity index (χ1) is 7.64. The van der Waals surface area contributed by atoms with E-state index in [0.717, 1.165) is 18.7 Å². The summed E-state index contributed by atoms with van der Waals surface area (Å²) in [6.45, 7) is 5.09. The molecule has 0 aromatic carbocycles. The zero-order chi connectivity index (χ0) is 11.6. The molecule has 1 fully saturated rings. The molecule has 88 valence electrons. The highest BCUT2D eigenvalue weighted by molar-refractivity contribution is 5.47. The molecule has 0 aliphatic carbocycles. The molecule has 16 heavy (non-hydrogen) atoms. The maximum absolute atomic E-state index is 5.59. The van der Waals surface area contributed by atoms with Crippen molar-refractivity contribution in [3.05, 3.63) is 18.3 Å². The van der Waals surface area contributed by atoms with Gasteiger partial charge in [-0.1, -0.05) is 0 Å². The van der Waals surface area contributed by atoms with E-state index >= 15 is 0 Å². The number of rotatable bonds is 3. The zero-order valence-corrected chi connectivity index (χ0v) is 9.99. The quantitative estimate of drug-likeness (QED) is 0.850. The van der Waals surface area contributed by atoms with Gasteiger partial charge in [0.1, 0.15) is 0 Å². The standard InChI is InChI=1S/C12H18N2O2/c1-9-12(2,5-7-16-9)14-10-4-6-13-11(8-10)15-3/h4,6,8-9H,5,7H2,1-3H3,(H,13,14). The SMILES string of the molecule is COc1cc(NC2(C)CCOC2C)ccn1. The van der Waals surface area contributed by atoms with Gasteiger partial charge < -0.3 is 14.8 Å². The van der Waals surface area contributed by atoms with Crippen LogP contribution in [0.15, 0.2) is 18.3 Å². The molecular formula is C12H18N2O2. The maximum Gasteiger partial charge on any atom is 0.214 e. The van der Waals surface area contributed by atoms with Crippen LogP contribution >= 0.6 is 0 Å². The monoisotopic (exact) mass is 222 g/mol. The zero-order valence-electron chi connectivity index (χ0n) is 9.99. The fourth-order valence-electron chi connectivity index (χ4n) is 1.93. The van der Waals surface area contributed by atoms with Gasteiger partial charge in [-0.3, -0.25) is 0 Å². The average molecular weight is 222 g/mol. The van der Waals surface area contributed by atoms with Crippen LogP contribution in [-0.2, 0) is 4.74 Å². The van der Waals surface area contributed by atoms with Crippen molar-refractivity contribution in [1.82, 2.24) is 4.98 Å². The highest BCUT2D eigenvalue weighted by Gasteiger charge is 2.36. The van der Waals surface area contributed by atoms with Gasteiger partial charge in [0.05, 0.1) is 18.8 Å². The number of aromatic nitrogens is 1. The summed E-state index contributed by atoms with van der Waals surface area (Å²) < 4.78 is 10.7. The first kappa shape index (κ1) is 11.2. The molecule has 1 aliphatic rings. The molecule has 0 amide bonds. The Morgan fingerprint density at radius 3 is 3.06 bits per heavy atom. The largest absolute Gasteiger partial charge is 0.481 e. The molecule has 2 rings (SSSR count). The van der Waals surface area contributed by atoms with E-state index in [0.29, 0.717) is 5.88 Å². The Bertz CT molecular complexity index is 370. The lowest BCUT2D eigenvalue weighted by atomic mass is 9.94. The van der Waals surface area contributed by atoms with Crippen LogP contribution in [0.25, 0.3) is 0 Å². The first-order valence-corrected chi connectivity index (χ1v) is 5.54. The third-order valence-electron chi connectivity index (χ3n) is 3.26. The van der Waals surface area contributed by atoms with Gasteiger partial charge in [0.15, 0.2) is 0 Å². The predicted octanol–water partition coefficient (Wildman–Crippen LogP) is 2.07. The van der Waals surface area contributed by atoms with E-state index in [1.807, 2.05) is 12.1 Å². The summed E-state index contributed by atoms with van der Waals surface area (Å²) in [6, 6.07) is 3.84. The third-order valence-corrected chi connectivity index (χ3v) is 3.26. The van der Waals surface area contributed by atoms with Gasteiger partial charge >= 0.3 is 0 Å². The molecule has 0 spiro atoms. The van der Waals surface area contributed by atoms with Crippen LogP contribution in [0.4, 0.5) is 5.69 Å². The van der Waals surface area contributed by atoms with E-state index < -0.39 is 0 Å². The molecule has 0 bridgehead atoms. The van der Waals surface area contributed by atoms with Crippen molar-refractivity contribution in [2.24, 2.45) is 0 Å². The Balaban J connectivity index is 2.13. The highest BCUT2D eigenvalue weighted by Crippen LogP contribution is 2.30. The van der Waals surface area contributed by atoms with Crippen LogP contribution in [0.3, 0.4) is 0 Å². The number of hydrogen-bond donors (Lipinski definition) is 1. The van der Waals surface area contributed by atoms with Crippen molar-refractivity contribution < 1.29 is 9.47 Å². The molecule has 1 aliphatic heterocycles. The summed E-state index contributed by atoms with van der Waals surface area (Å²) in [5, 5.41) is 3.50. The van der Waals surface area contributed by atoms with Crippen molar-refractivity contribution in [1.29, 1.82) is 0 Å². The van der Waals surface area contributed by atoms with Gasteiger partial charge in [-0.2, -0.15) is 0 Å². The third kappa shape index (κ3) is 2.11. The van der Waals surface area contributed by atoms with Gasteiger partial charge in [0, 0.05) is 24.6 Å². The molecule has 4 heteroatoms. The van der Waals surface area contributed by atoms with Crippen LogP contribution in [0, 0.1) is 0 Å². The number of methoxy groups -OCH3 is 1. The summed E-state index contributed by atoms with van der Waals surface area (Å²) in [5.41, 5.74) is 1.01. The molecule has 1 N–H and O–H groups in total. The van der Waals surface area contributed by atoms with Crippen LogP contribution in [-0.4, -0.2) is 30.3 Å². The minimum atomic E-state index is -0.00757. The van der Waals surface area contributed by atoms with Crippen LogP contribution in [0.2, 0.25) is 0 Å². The van der Waals surface area contributed by atoms with Crippen molar-refractivity contribution in [2.75, 3.05) is 19.0 Å². The lowest BCUT2D eigenvalue weighted by Crippen LogP contribution is -2.41. The van der Waals surface area contributed by atoms with Gasteiger partial charge in [-0.15, -0.1) is 0 Å². The molecule has 2 unspecified atom stereocenters. The topological polar surface area (TPSA) is 43.4 Å². The van der Waals surface area contributed by atoms with Crippen molar-refractivity contribution in [2.45, 2.75) is 31.9 Å². The number of pyridine rings is 1. The predicted molar refractivity (Wildman–Crippen MR) is 62.8 cm³/mol. The van der Waals surface area contributed by atoms with Gasteiger partial charge in [0.2, 0.25) is 5.88 Å². The van der Waals surface area contributed by atoms with Crippen LogP contribution < -0.4 is 10.1 Å². The Hall–Kier alpha value is -1.29. The Kier molecular flexibility index (Phi) is 3.01. The van der Waals surface area contributed by atoms with Crippen LogP contribution in [0.1, 0.15) is 20.3 Å². The molecule has 1 saturated heterocycles. The lowest BCUT2D eigenvalue weighted by molar-refractivity contribution is 0.105. The highest BCUT2D eigenvalue weighted by atomic mass is 16.5. The second-order valence-electron chi connectivity index (χ2n) is 4.39. The summed E-state index contributed by atoms with van der Waals surface area (Å²) in [7, 11) is 1.62. The maximum atomic E-state index is 5.59. The molecule has 2 heterocycles. The van der Waals surface area contributed by atoms with E-state index in [1.165, 1.54) is 0 Å². The fourth-order valence-corrected chi connectivity index (χ4v) is 1.93. The summed E-state index contributed by atoms with van der Waals surface area (Å²) >= 11 is 0. The minimum Gasteiger partial charge on any atom is -0.481 e. The van der Waals surface area contributed by atoms with E-state index in [4.69, 9.17) is 9.47 Å². The van der Waals surface area contributed by atoms with Gasteiger partial charge in [-0.05, 0) is 26.3 Å². The number of nitrogens with one attached hydrogen (secondary N) is 1. The number of hydrogen-bond acceptors (Lipinski definition) is 4. The smallest absolute Gasteiger partial charge is 0.214 e. The second kappa shape index (κ2) is 4.29. The number of nitrogens with zero attached hydrogens (tertiary/aromatic N) is 1. The molecule has 1 aromatic rings. The second-order valence-corrected chi connectivity index (χ2v) is 4.39. The first-order valence-electron chi connectivity index (χ1n) is 5.54. The molecule has 1 aromatic heterocycles. The number of anilines is 1. The van der Waals surface area contributed by atoms with E-state index in [9.17, 15) is 0 Å². The minimum absolute atomic E-state index is 0.00757. The Morgan fingerprint density at radius 2 is 2.44 bits per heavy atom. The van der Waals surface area contributed by atoms with Crippen LogP contribution in [0.5, 0.6) is 5.88 Å². The van der Waals surface area contributed by atoms with E-state index in [-0.39, 0.29) is 11.6 Å². The number of ether oxygens (including phenoxy) is 2. The summed E-state index contributed by atoms with van der Waals surface area (Å²) in [6.07, 6.45) is 2.97.